The van der Waals surface area contributed by atoms with E-state index in [0.717, 1.165) is 24.3 Å². The van der Waals surface area contributed by atoms with E-state index in [4.69, 9.17) is 19.7 Å². The molecule has 200 valence electrons. The predicted octanol–water partition coefficient (Wildman–Crippen LogP) is 3.57. The smallest absolute Gasteiger partial charge is 0.868 e. The molecule has 0 atom stereocenters. The number of aliphatic carboxylic acids is 2. The first kappa shape index (κ1) is 34.9. The zero-order valence-corrected chi connectivity index (χ0v) is 25.2. The standard InChI is InChI=1S/2C12H11O.2C3H4O3.Hf/c2*1-13-12-8-6-11(7-9-12)10-4-2-3-5-10;2*1-2(4)3(5)6;/h2*2,4,6-9H,3H2,1H3;2*4H,1H2,(H,5,6);/q2*-1;;;+4/p-2. The molecule has 0 radical (unpaired) electrons. The third kappa shape index (κ3) is 13.8. The number of rotatable bonds is 6. The molecule has 0 saturated heterocycles. The monoisotopic (exact) mass is 696 g/mol. The van der Waals surface area contributed by atoms with Gasteiger partial charge in [-0.25, -0.2) is 9.59 Å². The minimum atomic E-state index is -1.49. The molecule has 0 amide bonds. The van der Waals surface area contributed by atoms with Gasteiger partial charge >= 0.3 is 37.8 Å². The van der Waals surface area contributed by atoms with Crippen LogP contribution < -0.4 is 19.7 Å². The van der Waals surface area contributed by atoms with Crippen molar-refractivity contribution in [3.8, 4) is 11.5 Å². The van der Waals surface area contributed by atoms with Crippen LogP contribution in [0.1, 0.15) is 24.0 Å². The van der Waals surface area contributed by atoms with Crippen molar-refractivity contribution in [1.29, 1.82) is 0 Å². The Labute approximate surface area is 247 Å². The van der Waals surface area contributed by atoms with Gasteiger partial charge in [-0.05, 0) is 35.8 Å². The van der Waals surface area contributed by atoms with E-state index in [9.17, 15) is 19.8 Å². The van der Waals surface area contributed by atoms with E-state index < -0.39 is 23.5 Å². The van der Waals surface area contributed by atoms with Crippen molar-refractivity contribution in [2.45, 2.75) is 12.8 Å². The molecule has 39 heavy (non-hydrogen) atoms. The molecule has 2 aromatic rings. The van der Waals surface area contributed by atoms with Crippen LogP contribution in [0.15, 0.2) is 97.5 Å². The molecule has 0 aromatic heterocycles. The maximum absolute atomic E-state index is 9.43. The predicted molar refractivity (Wildman–Crippen MR) is 140 cm³/mol. The molecule has 4 rings (SSSR count). The Morgan fingerprint density at radius 3 is 1.18 bits per heavy atom. The van der Waals surface area contributed by atoms with Crippen LogP contribution in [-0.4, -0.2) is 36.4 Å². The van der Waals surface area contributed by atoms with Crippen LogP contribution in [-0.2, 0) is 35.4 Å². The largest absolute Gasteiger partial charge is 4.00 e. The summed E-state index contributed by atoms with van der Waals surface area (Å²) >= 11 is 0. The van der Waals surface area contributed by atoms with Crippen molar-refractivity contribution in [1.82, 2.24) is 0 Å². The third-order valence-electron chi connectivity index (χ3n) is 4.67. The molecule has 0 spiro atoms. The average Bonchev–Trinajstić information content (AvgIpc) is 3.65. The van der Waals surface area contributed by atoms with Gasteiger partial charge in [0.05, 0.1) is 14.2 Å². The quantitative estimate of drug-likeness (QED) is 0.203. The van der Waals surface area contributed by atoms with E-state index in [-0.39, 0.29) is 25.8 Å². The van der Waals surface area contributed by atoms with Crippen molar-refractivity contribution < 1.29 is 65.3 Å². The normalized spacial score (nSPS) is 11.8. The minimum Gasteiger partial charge on any atom is -0.868 e. The van der Waals surface area contributed by atoms with Crippen LogP contribution in [0.2, 0.25) is 0 Å². The number of carboxylic acid groups (broad SMARTS) is 2. The maximum Gasteiger partial charge on any atom is 4.00 e. The number of allylic oxidation sites excluding steroid dienone is 8. The number of hydrogen-bond donors (Lipinski definition) is 2. The average molecular weight is 695 g/mol. The first-order valence-electron chi connectivity index (χ1n) is 11.1. The summed E-state index contributed by atoms with van der Waals surface area (Å²) in [4.78, 5) is 18.6. The molecule has 0 aliphatic heterocycles. The number of methoxy groups -OCH3 is 2. The Kier molecular flexibility index (Phi) is 17.0. The molecular formula is C30H28HfO8. The Morgan fingerprint density at radius 2 is 1.00 bits per heavy atom. The van der Waals surface area contributed by atoms with E-state index in [1.54, 1.807) is 14.2 Å². The summed E-state index contributed by atoms with van der Waals surface area (Å²) in [5.41, 5.74) is 4.77. The zero-order valence-electron chi connectivity index (χ0n) is 21.6. The summed E-state index contributed by atoms with van der Waals surface area (Å²) in [7, 11) is 3.35. The maximum atomic E-state index is 9.43. The fourth-order valence-corrected chi connectivity index (χ4v) is 2.75. The summed E-state index contributed by atoms with van der Waals surface area (Å²) in [6.45, 7) is 5.20. The number of ether oxygens (including phenoxy) is 2. The van der Waals surface area contributed by atoms with Gasteiger partial charge in [-0.15, -0.1) is 47.5 Å². The van der Waals surface area contributed by atoms with E-state index in [1.165, 1.54) is 22.3 Å². The summed E-state index contributed by atoms with van der Waals surface area (Å²) < 4.78 is 10.2. The van der Waals surface area contributed by atoms with Crippen LogP contribution in [0.5, 0.6) is 11.5 Å². The van der Waals surface area contributed by atoms with Crippen LogP contribution >= 0.6 is 0 Å². The zero-order chi connectivity index (χ0) is 28.5. The molecule has 2 aliphatic carbocycles. The number of carboxylic acids is 2. The summed E-state index contributed by atoms with van der Waals surface area (Å²) in [5, 5.41) is 34.0. The van der Waals surface area contributed by atoms with Gasteiger partial charge in [-0.3, -0.25) is 0 Å². The van der Waals surface area contributed by atoms with E-state index in [1.807, 2.05) is 24.3 Å². The number of hydrogen-bond acceptors (Lipinski definition) is 6. The first-order valence-corrected chi connectivity index (χ1v) is 11.1. The first-order chi connectivity index (χ1) is 18.1. The van der Waals surface area contributed by atoms with Crippen molar-refractivity contribution >= 4 is 23.1 Å². The third-order valence-corrected chi connectivity index (χ3v) is 4.67. The Balaban J connectivity index is 0.000000524. The Hall–Kier alpha value is -4.11. The van der Waals surface area contributed by atoms with Crippen molar-refractivity contribution in [2.24, 2.45) is 0 Å². The van der Waals surface area contributed by atoms with Gasteiger partial charge in [-0.1, -0.05) is 26.0 Å². The fraction of sp³-hybridized carbons (Fsp3) is 0.133. The molecule has 2 aliphatic rings. The second-order valence-corrected chi connectivity index (χ2v) is 7.31. The van der Waals surface area contributed by atoms with Crippen LogP contribution in [0, 0.1) is 12.2 Å². The van der Waals surface area contributed by atoms with E-state index >= 15 is 0 Å². The van der Waals surface area contributed by atoms with Crippen molar-refractivity contribution in [2.75, 3.05) is 14.2 Å². The van der Waals surface area contributed by atoms with Gasteiger partial charge in [0.15, 0.2) is 0 Å². The second-order valence-electron chi connectivity index (χ2n) is 7.31. The number of carbonyl (C=O) groups is 2. The molecule has 0 unspecified atom stereocenters. The second kappa shape index (κ2) is 19.0. The molecule has 2 N–H and O–H groups in total. The van der Waals surface area contributed by atoms with Gasteiger partial charge in [-0.2, -0.15) is 35.5 Å². The molecule has 2 aromatic carbocycles. The summed E-state index contributed by atoms with van der Waals surface area (Å²) in [6, 6.07) is 16.1. The number of benzene rings is 2. The van der Waals surface area contributed by atoms with Gasteiger partial charge in [0.2, 0.25) is 0 Å². The van der Waals surface area contributed by atoms with E-state index in [0.29, 0.717) is 0 Å². The molecule has 8 nitrogen and oxygen atoms in total. The van der Waals surface area contributed by atoms with Crippen molar-refractivity contribution in [3.05, 3.63) is 121 Å². The van der Waals surface area contributed by atoms with E-state index in [2.05, 4.69) is 73.9 Å². The van der Waals surface area contributed by atoms with Gasteiger partial charge in [0.1, 0.15) is 11.5 Å². The Morgan fingerprint density at radius 1 is 0.718 bits per heavy atom. The summed E-state index contributed by atoms with van der Waals surface area (Å²) in [6.07, 6.45) is 16.8. The molecule has 0 bridgehead atoms. The molecule has 9 heteroatoms. The molecule has 0 heterocycles. The van der Waals surface area contributed by atoms with Gasteiger partial charge < -0.3 is 29.9 Å². The SMILES string of the molecule is C=C([O-])C(=O)O.C=C([O-])C(=O)O.COc1ccc(C2=[C-]CC=C2)cc1.COc1ccc(C2=[C-]CC=C2)cc1.[Hf+4]. The van der Waals surface area contributed by atoms with Crippen LogP contribution in [0.25, 0.3) is 11.1 Å². The van der Waals surface area contributed by atoms with Crippen LogP contribution in [0.4, 0.5) is 0 Å². The fourth-order valence-electron chi connectivity index (χ4n) is 2.75. The molecule has 0 saturated carbocycles. The van der Waals surface area contributed by atoms with Gasteiger partial charge in [0.25, 0.3) is 0 Å². The topological polar surface area (TPSA) is 139 Å². The van der Waals surface area contributed by atoms with Crippen molar-refractivity contribution in [3.63, 3.8) is 0 Å². The minimum absolute atomic E-state index is 0. The summed E-state index contributed by atoms with van der Waals surface area (Å²) in [5.74, 6) is -3.34. The molecule has 0 fully saturated rings. The van der Waals surface area contributed by atoms with Gasteiger partial charge in [0, 0.05) is 0 Å². The van der Waals surface area contributed by atoms with Crippen LogP contribution in [0.3, 0.4) is 0 Å². The molecular weight excluding hydrogens is 667 g/mol. The Bertz CT molecular complexity index is 1100.